The molecule has 10 heteroatoms. The first-order chi connectivity index (χ1) is 16.3. The number of pyridine rings is 1. The Morgan fingerprint density at radius 1 is 1.21 bits per heavy atom. The van der Waals surface area contributed by atoms with Crippen molar-refractivity contribution in [3.8, 4) is 0 Å². The Kier molecular flexibility index (Phi) is 7.01. The molecule has 1 fully saturated rings. The molecule has 0 bridgehead atoms. The highest BCUT2D eigenvalue weighted by molar-refractivity contribution is 7.89. The van der Waals surface area contributed by atoms with E-state index in [0.717, 1.165) is 29.7 Å². The minimum Gasteiger partial charge on any atom is -0.460 e. The molecule has 2 atom stereocenters. The Labute approximate surface area is 204 Å². The normalized spacial score (nSPS) is 20.7. The van der Waals surface area contributed by atoms with Gasteiger partial charge in [-0.3, -0.25) is 4.79 Å². The molecule has 0 aliphatic heterocycles. The third-order valence-corrected chi connectivity index (χ3v) is 8.28. The van der Waals surface area contributed by atoms with Crippen LogP contribution < -0.4 is 10.0 Å². The summed E-state index contributed by atoms with van der Waals surface area (Å²) in [6.07, 6.45) is 6.54. The van der Waals surface area contributed by atoms with Crippen LogP contribution in [0.25, 0.3) is 5.65 Å². The summed E-state index contributed by atoms with van der Waals surface area (Å²) in [5, 5.41) is 3.11. The highest BCUT2D eigenvalue weighted by Crippen LogP contribution is 2.42. The second-order valence-electron chi connectivity index (χ2n) is 8.48. The predicted molar refractivity (Wildman–Crippen MR) is 133 cm³/mol. The number of nitrogens with zero attached hydrogens (tertiary/aromatic N) is 2. The van der Waals surface area contributed by atoms with E-state index < -0.39 is 34.1 Å². The molecule has 3 aromatic rings. The number of aryl methyl sites for hydroxylation is 1. The number of fused-ring (bicyclic) bond motifs is 1. The van der Waals surface area contributed by atoms with Crippen molar-refractivity contribution < 1.29 is 17.9 Å². The number of benzene rings is 1. The summed E-state index contributed by atoms with van der Waals surface area (Å²) in [7, 11) is -2.05. The number of esters is 1. The fraction of sp³-hybridized carbons (Fsp3) is 0.375. The maximum Gasteiger partial charge on any atom is 0.321 e. The number of hydrogen-bond donors (Lipinski definition) is 2. The molecule has 180 valence electrons. The number of sulfonamides is 1. The first-order valence-corrected chi connectivity index (χ1v) is 13.1. The van der Waals surface area contributed by atoms with Crippen LogP contribution in [0, 0.1) is 6.92 Å². The number of carbonyl (C=O) groups is 1. The molecular weight excluding hydrogens is 472 g/mol. The monoisotopic (exact) mass is 500 g/mol. The molecule has 2 unspecified atom stereocenters. The number of thiocarbonyl (C=S) groups is 1. The number of ether oxygens (including phenoxy) is 1. The second kappa shape index (κ2) is 9.81. The van der Waals surface area contributed by atoms with E-state index in [9.17, 15) is 13.2 Å². The van der Waals surface area contributed by atoms with E-state index >= 15 is 0 Å². The van der Waals surface area contributed by atoms with Crippen LogP contribution in [0.15, 0.2) is 59.8 Å². The van der Waals surface area contributed by atoms with E-state index in [1.807, 2.05) is 35.9 Å². The first-order valence-electron chi connectivity index (χ1n) is 11.2. The van der Waals surface area contributed by atoms with Gasteiger partial charge in [-0.2, -0.15) is 4.72 Å². The van der Waals surface area contributed by atoms with Gasteiger partial charge < -0.3 is 14.5 Å². The van der Waals surface area contributed by atoms with Gasteiger partial charge >= 0.3 is 5.97 Å². The lowest BCUT2D eigenvalue weighted by atomic mass is 9.67. The molecule has 2 heterocycles. The molecular formula is C24H28N4O4S2. The zero-order valence-electron chi connectivity index (χ0n) is 19.2. The largest absolute Gasteiger partial charge is 0.460 e. The standard InChI is InChI=1S/C24H28N4O4S2/c1-17-15-28-16-18(11-12-21(28)27-17)24(23(33)25-2)13-7-6-10-20(24)32-22(29)14-26-34(30,31)19-8-4-3-5-9-19/h3-5,8-9,11-12,15-16,20,26H,6-7,10,13-14H2,1-2H3,(H,25,33). The zero-order chi connectivity index (χ0) is 24.3. The van der Waals surface area contributed by atoms with E-state index in [-0.39, 0.29) is 4.90 Å². The summed E-state index contributed by atoms with van der Waals surface area (Å²) in [5.74, 6) is -0.644. The molecule has 4 rings (SSSR count). The van der Waals surface area contributed by atoms with Gasteiger partial charge in [0.25, 0.3) is 0 Å². The second-order valence-corrected chi connectivity index (χ2v) is 10.7. The van der Waals surface area contributed by atoms with Gasteiger partial charge in [0, 0.05) is 19.4 Å². The Hall–Kier alpha value is -2.82. The smallest absolute Gasteiger partial charge is 0.321 e. The molecule has 0 saturated heterocycles. The van der Waals surface area contributed by atoms with Gasteiger partial charge in [0.05, 0.1) is 21.0 Å². The van der Waals surface area contributed by atoms with Crippen LogP contribution in [-0.2, 0) is 25.0 Å². The Morgan fingerprint density at radius 3 is 2.71 bits per heavy atom. The lowest BCUT2D eigenvalue weighted by molar-refractivity contribution is -0.151. The molecule has 1 saturated carbocycles. The van der Waals surface area contributed by atoms with Crippen molar-refractivity contribution in [2.75, 3.05) is 13.6 Å². The van der Waals surface area contributed by atoms with Gasteiger partial charge in [0.1, 0.15) is 18.3 Å². The Bertz CT molecular complexity index is 1310. The minimum absolute atomic E-state index is 0.0927. The van der Waals surface area contributed by atoms with Crippen LogP contribution in [0.2, 0.25) is 0 Å². The lowest BCUT2D eigenvalue weighted by Gasteiger charge is -2.44. The Morgan fingerprint density at radius 2 is 1.97 bits per heavy atom. The number of aromatic nitrogens is 2. The van der Waals surface area contributed by atoms with Crippen LogP contribution >= 0.6 is 12.2 Å². The third-order valence-electron chi connectivity index (χ3n) is 6.29. The predicted octanol–water partition coefficient (Wildman–Crippen LogP) is 2.89. The zero-order valence-corrected chi connectivity index (χ0v) is 20.8. The number of hydrogen-bond acceptors (Lipinski definition) is 6. The van der Waals surface area contributed by atoms with Gasteiger partial charge in [-0.1, -0.05) is 42.9 Å². The third kappa shape index (κ3) is 4.70. The molecule has 34 heavy (non-hydrogen) atoms. The summed E-state index contributed by atoms with van der Waals surface area (Å²) < 4.78 is 35.2. The summed E-state index contributed by atoms with van der Waals surface area (Å²) in [6.45, 7) is 1.47. The molecule has 2 N–H and O–H groups in total. The van der Waals surface area contributed by atoms with Gasteiger partial charge in [-0.15, -0.1) is 0 Å². The number of rotatable bonds is 7. The fourth-order valence-electron chi connectivity index (χ4n) is 4.66. The summed E-state index contributed by atoms with van der Waals surface area (Å²) in [6, 6.07) is 11.8. The summed E-state index contributed by atoms with van der Waals surface area (Å²) in [5.41, 5.74) is 1.94. The quantitative estimate of drug-likeness (QED) is 0.380. The van der Waals surface area contributed by atoms with Crippen LogP contribution in [-0.4, -0.2) is 48.5 Å². The Balaban J connectivity index is 1.59. The average molecular weight is 501 g/mol. The molecule has 1 aliphatic carbocycles. The topological polar surface area (TPSA) is 102 Å². The number of likely N-dealkylation sites (N-methyl/N-ethyl adjacent to an activating group) is 1. The number of nitrogens with one attached hydrogen (secondary N) is 2. The van der Waals surface area contributed by atoms with E-state index in [1.54, 1.807) is 25.2 Å². The van der Waals surface area contributed by atoms with Crippen LogP contribution in [0.4, 0.5) is 0 Å². The van der Waals surface area contributed by atoms with E-state index in [4.69, 9.17) is 17.0 Å². The highest BCUT2D eigenvalue weighted by Gasteiger charge is 2.48. The van der Waals surface area contributed by atoms with Crippen LogP contribution in [0.1, 0.15) is 36.9 Å². The number of carbonyl (C=O) groups excluding carboxylic acids is 1. The maximum atomic E-state index is 12.8. The van der Waals surface area contributed by atoms with Gasteiger partial charge in [0.2, 0.25) is 10.0 Å². The van der Waals surface area contributed by atoms with Crippen molar-refractivity contribution in [1.82, 2.24) is 19.4 Å². The molecule has 0 radical (unpaired) electrons. The molecule has 2 aromatic heterocycles. The van der Waals surface area contributed by atoms with Gasteiger partial charge in [0.15, 0.2) is 0 Å². The van der Waals surface area contributed by atoms with Crippen molar-refractivity contribution >= 4 is 38.8 Å². The van der Waals surface area contributed by atoms with E-state index in [2.05, 4.69) is 15.0 Å². The van der Waals surface area contributed by atoms with Crippen molar-refractivity contribution in [2.24, 2.45) is 0 Å². The van der Waals surface area contributed by atoms with Crippen molar-refractivity contribution in [2.45, 2.75) is 49.0 Å². The molecule has 0 spiro atoms. The first kappa shape index (κ1) is 24.3. The van der Waals surface area contributed by atoms with Crippen LogP contribution in [0.5, 0.6) is 0 Å². The molecule has 0 amide bonds. The summed E-state index contributed by atoms with van der Waals surface area (Å²) in [4.78, 5) is 18.0. The van der Waals surface area contributed by atoms with Gasteiger partial charge in [-0.25, -0.2) is 13.4 Å². The van der Waals surface area contributed by atoms with Gasteiger partial charge in [-0.05, 0) is 49.9 Å². The maximum absolute atomic E-state index is 12.8. The van der Waals surface area contributed by atoms with E-state index in [0.29, 0.717) is 17.8 Å². The average Bonchev–Trinajstić information content (AvgIpc) is 3.22. The van der Waals surface area contributed by atoms with Crippen molar-refractivity contribution in [3.63, 3.8) is 0 Å². The molecule has 8 nitrogen and oxygen atoms in total. The van der Waals surface area contributed by atoms with Crippen molar-refractivity contribution in [1.29, 1.82) is 0 Å². The lowest BCUT2D eigenvalue weighted by Crippen LogP contribution is -2.54. The van der Waals surface area contributed by atoms with Crippen molar-refractivity contribution in [3.05, 3.63) is 66.1 Å². The number of imidazole rings is 1. The molecule has 1 aliphatic rings. The van der Waals surface area contributed by atoms with Crippen LogP contribution in [0.3, 0.4) is 0 Å². The molecule has 1 aromatic carbocycles. The highest BCUT2D eigenvalue weighted by atomic mass is 32.2. The summed E-state index contributed by atoms with van der Waals surface area (Å²) >= 11 is 5.78. The SMILES string of the molecule is CNC(=S)C1(c2ccc3nc(C)cn3c2)CCCCC1OC(=O)CNS(=O)(=O)c1ccccc1. The van der Waals surface area contributed by atoms with E-state index in [1.165, 1.54) is 12.1 Å². The minimum atomic E-state index is -3.82. The fourth-order valence-corrected chi connectivity index (χ4v) is 6.01.